The van der Waals surface area contributed by atoms with Crippen LogP contribution in [0.1, 0.15) is 18.7 Å². The van der Waals surface area contributed by atoms with Gasteiger partial charge in [0, 0.05) is 43.3 Å². The van der Waals surface area contributed by atoms with Crippen LogP contribution in [-0.4, -0.2) is 49.7 Å². The maximum Gasteiger partial charge on any atom is 0.276 e. The molecule has 35 heavy (non-hydrogen) atoms. The maximum absolute atomic E-state index is 12.1. The Morgan fingerprint density at radius 1 is 1.11 bits per heavy atom. The zero-order valence-corrected chi connectivity index (χ0v) is 19.8. The number of benzene rings is 1. The van der Waals surface area contributed by atoms with Gasteiger partial charge in [-0.1, -0.05) is 29.5 Å². The van der Waals surface area contributed by atoms with Crippen LogP contribution in [0.4, 0.5) is 0 Å². The molecular weight excluding hydrogens is 472 g/mol. The third-order valence-corrected chi connectivity index (χ3v) is 6.48. The molecule has 1 aromatic carbocycles. The van der Waals surface area contributed by atoms with Crippen LogP contribution < -0.4 is 10.6 Å². The Bertz CT molecular complexity index is 1340. The lowest BCUT2D eigenvalue weighted by atomic mass is 9.93. The Labute approximate surface area is 202 Å². The minimum absolute atomic E-state index is 0.146. The summed E-state index contributed by atoms with van der Waals surface area (Å²) in [7, 11) is -3.28. The zero-order chi connectivity index (χ0) is 24.8. The van der Waals surface area contributed by atoms with Crippen LogP contribution in [0.25, 0.3) is 11.4 Å². The molecule has 1 aliphatic heterocycles. The largest absolute Gasteiger partial charge is 0.368 e. The van der Waals surface area contributed by atoms with Crippen molar-refractivity contribution in [1.29, 1.82) is 0 Å². The fraction of sp³-hybridized carbons (Fsp3) is 0.304. The summed E-state index contributed by atoms with van der Waals surface area (Å²) in [6.07, 6.45) is 9.57. The van der Waals surface area contributed by atoms with Crippen molar-refractivity contribution in [3.05, 3.63) is 65.9 Å². The Morgan fingerprint density at radius 2 is 1.91 bits per heavy atom. The van der Waals surface area contributed by atoms with E-state index in [1.54, 1.807) is 18.2 Å². The monoisotopic (exact) mass is 496 g/mol. The van der Waals surface area contributed by atoms with Crippen molar-refractivity contribution >= 4 is 21.7 Å². The normalized spacial score (nSPS) is 16.9. The Kier molecular flexibility index (Phi) is 7.30. The Hall–Kier alpha value is -3.93. The van der Waals surface area contributed by atoms with Crippen molar-refractivity contribution in [2.45, 2.75) is 24.2 Å². The number of nitrogens with zero attached hydrogens (tertiary/aromatic N) is 4. The topological polar surface area (TPSA) is 156 Å². The summed E-state index contributed by atoms with van der Waals surface area (Å²) in [5.74, 6) is 0.397. The molecule has 2 amide bonds. The van der Waals surface area contributed by atoms with E-state index < -0.39 is 15.8 Å². The van der Waals surface area contributed by atoms with Gasteiger partial charge in [0.05, 0.1) is 10.8 Å². The van der Waals surface area contributed by atoms with Crippen molar-refractivity contribution < 1.29 is 22.5 Å². The summed E-state index contributed by atoms with van der Waals surface area (Å²) in [5.41, 5.74) is 1.41. The fourth-order valence-electron chi connectivity index (χ4n) is 3.50. The van der Waals surface area contributed by atoms with E-state index in [2.05, 4.69) is 31.0 Å². The first-order valence-electron chi connectivity index (χ1n) is 11.0. The number of hydrogen-bond donors (Lipinski definition) is 2. The molecule has 1 aromatic heterocycles. The molecule has 0 spiro atoms. The molecule has 0 saturated heterocycles. The molecule has 0 bridgehead atoms. The summed E-state index contributed by atoms with van der Waals surface area (Å²) in [6, 6.07) is 6.18. The summed E-state index contributed by atoms with van der Waals surface area (Å²) < 4.78 is 28.3. The number of fused-ring (bicyclic) bond motifs is 1. The average molecular weight is 497 g/mol. The quantitative estimate of drug-likeness (QED) is 0.474. The second-order valence-corrected chi connectivity index (χ2v) is 10.0. The number of rotatable bonds is 10. The second kappa shape index (κ2) is 10.6. The molecule has 1 unspecified atom stereocenters. The van der Waals surface area contributed by atoms with Gasteiger partial charge in [0.2, 0.25) is 17.6 Å². The summed E-state index contributed by atoms with van der Waals surface area (Å²) in [4.78, 5) is 28.4. The van der Waals surface area contributed by atoms with E-state index >= 15 is 0 Å². The lowest BCUT2D eigenvalue weighted by Crippen LogP contribution is -2.28. The van der Waals surface area contributed by atoms with Crippen LogP contribution in [0.2, 0.25) is 0 Å². The third-order valence-electron chi connectivity index (χ3n) is 5.36. The molecule has 11 nitrogen and oxygen atoms in total. The van der Waals surface area contributed by atoms with E-state index in [9.17, 15) is 18.0 Å². The molecule has 2 heterocycles. The number of carbonyl (C=O) groups excluding carboxylic acids is 2. The van der Waals surface area contributed by atoms with Crippen LogP contribution in [0.5, 0.6) is 0 Å². The highest BCUT2D eigenvalue weighted by Gasteiger charge is 2.26. The molecule has 2 aliphatic rings. The number of azo groups is 1. The maximum atomic E-state index is 12.1. The first-order valence-corrected chi connectivity index (χ1v) is 12.9. The fourth-order valence-corrected chi connectivity index (χ4v) is 4.13. The summed E-state index contributed by atoms with van der Waals surface area (Å²) >= 11 is 0. The van der Waals surface area contributed by atoms with E-state index in [-0.39, 0.29) is 29.6 Å². The smallest absolute Gasteiger partial charge is 0.276 e. The van der Waals surface area contributed by atoms with Crippen molar-refractivity contribution in [2.75, 3.05) is 19.3 Å². The standard InChI is InChI=1S/C23H24N6O5S/c1-35(32,33)16-9-7-15(8-10-16)21-26-20(34-29-21)12-11-19(30)24-13-4-14-25-22-17-5-2-3-6-18(17)23(31)28-27-22/h2-3,5-10,18,25H,4,11-14H2,1H3,(H,24,30). The number of aryl methyl sites for hydroxylation is 1. The van der Waals surface area contributed by atoms with Gasteiger partial charge in [-0.15, -0.1) is 10.2 Å². The zero-order valence-electron chi connectivity index (χ0n) is 19.0. The number of amides is 2. The highest BCUT2D eigenvalue weighted by Crippen LogP contribution is 2.27. The number of nitrogens with one attached hydrogen (secondary N) is 2. The van der Waals surface area contributed by atoms with E-state index in [1.165, 1.54) is 12.1 Å². The SMILES string of the molecule is CS(=O)(=O)c1ccc(-c2noc(CCC(=O)NCCCNC3=C4C=CC=CC4C(=O)N=N3)n2)cc1. The highest BCUT2D eigenvalue weighted by molar-refractivity contribution is 7.90. The first-order chi connectivity index (χ1) is 16.8. The van der Waals surface area contributed by atoms with E-state index in [0.29, 0.717) is 42.6 Å². The number of allylic oxidation sites excluding steroid dienone is 3. The van der Waals surface area contributed by atoms with Crippen molar-refractivity contribution in [2.24, 2.45) is 16.1 Å². The van der Waals surface area contributed by atoms with Gasteiger partial charge in [0.25, 0.3) is 5.91 Å². The van der Waals surface area contributed by atoms with E-state index in [0.717, 1.165) is 11.8 Å². The highest BCUT2D eigenvalue weighted by atomic mass is 32.2. The molecule has 1 aliphatic carbocycles. The van der Waals surface area contributed by atoms with Gasteiger partial charge in [0.1, 0.15) is 0 Å². The van der Waals surface area contributed by atoms with Gasteiger partial charge in [-0.25, -0.2) is 8.42 Å². The minimum atomic E-state index is -3.28. The van der Waals surface area contributed by atoms with Crippen LogP contribution in [0.3, 0.4) is 0 Å². The average Bonchev–Trinajstić information content (AvgIpc) is 3.33. The number of carbonyl (C=O) groups is 2. The van der Waals surface area contributed by atoms with Crippen LogP contribution in [0.15, 0.2) is 79.6 Å². The molecule has 2 aromatic rings. The summed E-state index contributed by atoms with van der Waals surface area (Å²) in [5, 5.41) is 17.5. The van der Waals surface area contributed by atoms with Gasteiger partial charge < -0.3 is 15.2 Å². The lowest BCUT2D eigenvalue weighted by Gasteiger charge is -2.20. The Morgan fingerprint density at radius 3 is 2.69 bits per heavy atom. The molecule has 12 heteroatoms. The Balaban J connectivity index is 1.18. The summed E-state index contributed by atoms with van der Waals surface area (Å²) in [6.45, 7) is 1.02. The van der Waals surface area contributed by atoms with Gasteiger partial charge in [-0.2, -0.15) is 4.98 Å². The van der Waals surface area contributed by atoms with Crippen LogP contribution in [0, 0.1) is 5.92 Å². The van der Waals surface area contributed by atoms with Gasteiger partial charge in [-0.3, -0.25) is 9.59 Å². The number of sulfone groups is 1. The molecule has 1 atom stereocenters. The molecule has 0 saturated carbocycles. The lowest BCUT2D eigenvalue weighted by molar-refractivity contribution is -0.121. The molecule has 0 radical (unpaired) electrons. The van der Waals surface area contributed by atoms with Crippen LogP contribution in [-0.2, 0) is 25.8 Å². The van der Waals surface area contributed by atoms with E-state index in [4.69, 9.17) is 4.52 Å². The van der Waals surface area contributed by atoms with Crippen LogP contribution >= 0.6 is 0 Å². The molecule has 0 fully saturated rings. The van der Waals surface area contributed by atoms with Gasteiger partial charge in [-0.05, 0) is 30.7 Å². The predicted molar refractivity (Wildman–Crippen MR) is 125 cm³/mol. The predicted octanol–water partition coefficient (Wildman–Crippen LogP) is 2.11. The number of hydrogen-bond acceptors (Lipinski definition) is 9. The number of aromatic nitrogens is 2. The van der Waals surface area contributed by atoms with Crippen molar-refractivity contribution in [3.63, 3.8) is 0 Å². The minimum Gasteiger partial charge on any atom is -0.368 e. The second-order valence-electron chi connectivity index (χ2n) is 8.00. The first kappa shape index (κ1) is 24.2. The molecular formula is C23H24N6O5S. The molecule has 2 N–H and O–H groups in total. The molecule has 4 rings (SSSR count). The van der Waals surface area contributed by atoms with Gasteiger partial charge in [0.15, 0.2) is 15.7 Å². The van der Waals surface area contributed by atoms with Crippen molar-refractivity contribution in [1.82, 2.24) is 20.8 Å². The van der Waals surface area contributed by atoms with E-state index in [1.807, 2.05) is 18.2 Å². The third kappa shape index (κ3) is 6.15. The van der Waals surface area contributed by atoms with Crippen molar-refractivity contribution in [3.8, 4) is 11.4 Å². The van der Waals surface area contributed by atoms with Gasteiger partial charge >= 0.3 is 0 Å². The molecule has 182 valence electrons.